The third kappa shape index (κ3) is 4.22. The number of nitrogens with zero attached hydrogens (tertiary/aromatic N) is 4. The van der Waals surface area contributed by atoms with Crippen LogP contribution in [0.15, 0.2) is 59.7 Å². The average molecular weight is 407 g/mol. The van der Waals surface area contributed by atoms with Gasteiger partial charge in [-0.3, -0.25) is 25.0 Å². The Morgan fingerprint density at radius 2 is 1.63 bits per heavy atom. The molecule has 0 bridgehead atoms. The number of nitro groups is 2. The number of non-ortho nitro benzene ring substituents is 2. The number of aryl methyl sites for hydroxylation is 1. The number of hydrogen-bond acceptors (Lipinski definition) is 6. The van der Waals surface area contributed by atoms with E-state index in [0.29, 0.717) is 11.3 Å². The van der Waals surface area contributed by atoms with Gasteiger partial charge in [0.25, 0.3) is 17.3 Å². The maximum atomic E-state index is 12.2. The summed E-state index contributed by atoms with van der Waals surface area (Å²) in [5, 5.41) is 25.8. The van der Waals surface area contributed by atoms with Crippen molar-refractivity contribution in [3.8, 4) is 5.69 Å². The molecule has 0 saturated heterocycles. The maximum Gasteiger partial charge on any atom is 0.271 e. The van der Waals surface area contributed by atoms with E-state index in [1.54, 1.807) is 12.1 Å². The second kappa shape index (κ2) is 8.35. The van der Waals surface area contributed by atoms with Crippen LogP contribution in [0.3, 0.4) is 0 Å². The molecule has 1 heterocycles. The molecule has 0 radical (unpaired) electrons. The largest absolute Gasteiger partial charge is 0.318 e. The molecule has 0 unspecified atom stereocenters. The molecule has 0 aliphatic rings. The van der Waals surface area contributed by atoms with Crippen molar-refractivity contribution in [3.63, 3.8) is 0 Å². The van der Waals surface area contributed by atoms with Gasteiger partial charge in [0.2, 0.25) is 0 Å². The van der Waals surface area contributed by atoms with Crippen LogP contribution in [0.5, 0.6) is 0 Å². The number of nitrogens with one attached hydrogen (secondary N) is 1. The first kappa shape index (κ1) is 20.4. The molecule has 0 atom stereocenters. The van der Waals surface area contributed by atoms with Gasteiger partial charge < -0.3 is 4.57 Å². The molecule has 0 spiro atoms. The van der Waals surface area contributed by atoms with E-state index in [1.165, 1.54) is 42.6 Å². The quantitative estimate of drug-likeness (QED) is 0.378. The molecule has 1 aromatic heterocycles. The second-order valence-electron chi connectivity index (χ2n) is 6.45. The Morgan fingerprint density at radius 1 is 1.00 bits per heavy atom. The van der Waals surface area contributed by atoms with E-state index in [9.17, 15) is 25.0 Å². The van der Waals surface area contributed by atoms with Gasteiger partial charge in [-0.15, -0.1) is 0 Å². The number of benzene rings is 2. The maximum absolute atomic E-state index is 12.2. The highest BCUT2D eigenvalue weighted by Crippen LogP contribution is 2.23. The molecule has 2 aromatic carbocycles. The van der Waals surface area contributed by atoms with Crippen LogP contribution in [0.25, 0.3) is 5.69 Å². The molecule has 30 heavy (non-hydrogen) atoms. The lowest BCUT2D eigenvalue weighted by molar-refractivity contribution is -0.385. The average Bonchev–Trinajstić information content (AvgIpc) is 3.01. The van der Waals surface area contributed by atoms with Crippen molar-refractivity contribution in [2.24, 2.45) is 5.10 Å². The summed E-state index contributed by atoms with van der Waals surface area (Å²) < 4.78 is 1.84. The lowest BCUT2D eigenvalue weighted by Crippen LogP contribution is -2.17. The summed E-state index contributed by atoms with van der Waals surface area (Å²) in [6.07, 6.45) is 1.45. The van der Waals surface area contributed by atoms with Crippen LogP contribution >= 0.6 is 0 Å². The zero-order chi connectivity index (χ0) is 21.8. The smallest absolute Gasteiger partial charge is 0.271 e. The molecule has 10 heteroatoms. The number of carbonyl (C=O) groups is 1. The zero-order valence-electron chi connectivity index (χ0n) is 16.1. The van der Waals surface area contributed by atoms with Crippen molar-refractivity contribution in [2.45, 2.75) is 13.8 Å². The van der Waals surface area contributed by atoms with E-state index in [0.717, 1.165) is 11.4 Å². The third-order valence-electron chi connectivity index (χ3n) is 4.46. The van der Waals surface area contributed by atoms with Gasteiger partial charge in [0.15, 0.2) is 0 Å². The summed E-state index contributed by atoms with van der Waals surface area (Å²) in [5.74, 6) is -0.581. The van der Waals surface area contributed by atoms with E-state index >= 15 is 0 Å². The SMILES string of the molecule is Cc1cc(C=NNC(=O)c2cccc([N+](=O)[O-])c2)c(C)n1-c1cccc([N+](=O)[O-])c1. The minimum atomic E-state index is -0.581. The predicted molar refractivity (Wildman–Crippen MR) is 110 cm³/mol. The number of hydrogen-bond donors (Lipinski definition) is 1. The highest BCUT2D eigenvalue weighted by molar-refractivity contribution is 5.95. The van der Waals surface area contributed by atoms with Crippen LogP contribution in [0.2, 0.25) is 0 Å². The van der Waals surface area contributed by atoms with Gasteiger partial charge in [-0.05, 0) is 32.0 Å². The Labute approximate surface area is 170 Å². The molecule has 0 fully saturated rings. The van der Waals surface area contributed by atoms with Gasteiger partial charge in [0.05, 0.1) is 21.7 Å². The molecule has 3 aromatic rings. The predicted octanol–water partition coefficient (Wildman–Crippen LogP) is 3.67. The molecule has 1 amide bonds. The Bertz CT molecular complexity index is 1180. The summed E-state index contributed by atoms with van der Waals surface area (Å²) in [5.41, 5.74) is 5.21. The molecule has 0 aliphatic carbocycles. The highest BCUT2D eigenvalue weighted by Gasteiger charge is 2.13. The molecule has 0 aliphatic heterocycles. The van der Waals surface area contributed by atoms with Crippen molar-refractivity contribution in [2.75, 3.05) is 0 Å². The lowest BCUT2D eigenvalue weighted by atomic mass is 10.2. The summed E-state index contributed by atoms with van der Waals surface area (Å²) in [4.78, 5) is 33.0. The molecule has 0 saturated carbocycles. The van der Waals surface area contributed by atoms with E-state index in [2.05, 4.69) is 10.5 Å². The van der Waals surface area contributed by atoms with E-state index in [-0.39, 0.29) is 16.9 Å². The fraction of sp³-hybridized carbons (Fsp3) is 0.100. The number of rotatable bonds is 6. The molecule has 152 valence electrons. The Morgan fingerprint density at radius 3 is 2.30 bits per heavy atom. The van der Waals surface area contributed by atoms with Gasteiger partial charge in [0, 0.05) is 46.8 Å². The lowest BCUT2D eigenvalue weighted by Gasteiger charge is -2.09. The molecule has 10 nitrogen and oxygen atoms in total. The first-order valence-corrected chi connectivity index (χ1v) is 8.79. The topological polar surface area (TPSA) is 133 Å². The van der Waals surface area contributed by atoms with Crippen LogP contribution in [-0.2, 0) is 0 Å². The van der Waals surface area contributed by atoms with Crippen LogP contribution in [-0.4, -0.2) is 26.5 Å². The molecule has 1 N–H and O–H groups in total. The Kier molecular flexibility index (Phi) is 5.68. The number of carbonyl (C=O) groups excluding carboxylic acids is 1. The summed E-state index contributed by atoms with van der Waals surface area (Å²) in [6.45, 7) is 3.68. The van der Waals surface area contributed by atoms with Crippen molar-refractivity contribution in [3.05, 3.63) is 97.3 Å². The van der Waals surface area contributed by atoms with Crippen LogP contribution in [0, 0.1) is 34.1 Å². The zero-order valence-corrected chi connectivity index (χ0v) is 16.1. The highest BCUT2D eigenvalue weighted by atomic mass is 16.6. The number of aromatic nitrogens is 1. The van der Waals surface area contributed by atoms with Gasteiger partial charge in [0.1, 0.15) is 0 Å². The summed E-state index contributed by atoms with van der Waals surface area (Å²) >= 11 is 0. The van der Waals surface area contributed by atoms with Crippen LogP contribution in [0.1, 0.15) is 27.3 Å². The van der Waals surface area contributed by atoms with E-state index in [4.69, 9.17) is 0 Å². The fourth-order valence-corrected chi connectivity index (χ4v) is 3.05. The Hall–Kier alpha value is -4.34. The number of hydrazone groups is 1. The second-order valence-corrected chi connectivity index (χ2v) is 6.45. The van der Waals surface area contributed by atoms with Crippen molar-refractivity contribution in [1.29, 1.82) is 0 Å². The molecular weight excluding hydrogens is 390 g/mol. The van der Waals surface area contributed by atoms with E-state index < -0.39 is 15.8 Å². The monoisotopic (exact) mass is 407 g/mol. The van der Waals surface area contributed by atoms with Crippen molar-refractivity contribution >= 4 is 23.5 Å². The van der Waals surface area contributed by atoms with Gasteiger partial charge in [-0.1, -0.05) is 12.1 Å². The van der Waals surface area contributed by atoms with Gasteiger partial charge >= 0.3 is 0 Å². The van der Waals surface area contributed by atoms with E-state index in [1.807, 2.05) is 24.5 Å². The van der Waals surface area contributed by atoms with Gasteiger partial charge in [-0.2, -0.15) is 5.10 Å². The van der Waals surface area contributed by atoms with Crippen molar-refractivity contribution in [1.82, 2.24) is 9.99 Å². The summed E-state index contributed by atoms with van der Waals surface area (Å²) in [6, 6.07) is 13.4. The van der Waals surface area contributed by atoms with Gasteiger partial charge in [-0.25, -0.2) is 5.43 Å². The first-order valence-electron chi connectivity index (χ1n) is 8.79. The Balaban J connectivity index is 1.80. The van der Waals surface area contributed by atoms with Crippen LogP contribution in [0.4, 0.5) is 11.4 Å². The fourth-order valence-electron chi connectivity index (χ4n) is 3.05. The minimum Gasteiger partial charge on any atom is -0.318 e. The normalized spacial score (nSPS) is 10.9. The first-order chi connectivity index (χ1) is 14.3. The molecule has 3 rings (SSSR count). The number of amides is 1. The van der Waals surface area contributed by atoms with Crippen LogP contribution < -0.4 is 5.43 Å². The third-order valence-corrected chi connectivity index (χ3v) is 4.46. The summed E-state index contributed by atoms with van der Waals surface area (Å²) in [7, 11) is 0. The standard InChI is InChI=1S/C20H17N5O5/c1-13-9-16(14(2)23(13)17-6-4-8-19(11-17)25(29)30)12-21-22-20(26)15-5-3-7-18(10-15)24(27)28/h3-12H,1-2H3,(H,22,26). The number of nitro benzene ring substituents is 2. The minimum absolute atomic E-state index is 0.0144. The molecular formula is C20H17N5O5. The van der Waals surface area contributed by atoms with Crippen molar-refractivity contribution < 1.29 is 14.6 Å².